The lowest BCUT2D eigenvalue weighted by Gasteiger charge is -2.47. The summed E-state index contributed by atoms with van der Waals surface area (Å²) in [5, 5.41) is 13.0. The predicted molar refractivity (Wildman–Crippen MR) is 123 cm³/mol. The van der Waals surface area contributed by atoms with Gasteiger partial charge in [0.05, 0.1) is 19.3 Å². The van der Waals surface area contributed by atoms with Crippen molar-refractivity contribution in [1.82, 2.24) is 10.2 Å². The van der Waals surface area contributed by atoms with Crippen molar-refractivity contribution in [2.45, 2.75) is 70.5 Å². The number of carbonyl (C=O) groups excluding carboxylic acids is 2. The van der Waals surface area contributed by atoms with Crippen molar-refractivity contribution in [3.8, 4) is 0 Å². The fourth-order valence-electron chi connectivity index (χ4n) is 4.98. The van der Waals surface area contributed by atoms with E-state index in [2.05, 4.69) is 5.32 Å². The van der Waals surface area contributed by atoms with Crippen molar-refractivity contribution >= 4 is 17.8 Å². The minimum Gasteiger partial charge on any atom is -0.480 e. The van der Waals surface area contributed by atoms with E-state index in [1.54, 1.807) is 13.8 Å². The first-order valence-corrected chi connectivity index (χ1v) is 11.9. The number of aliphatic carboxylic acids is 1. The van der Waals surface area contributed by atoms with Crippen molar-refractivity contribution in [2.75, 3.05) is 26.4 Å². The number of benzene rings is 1. The zero-order valence-electron chi connectivity index (χ0n) is 19.6. The fourth-order valence-corrected chi connectivity index (χ4v) is 4.98. The lowest BCUT2D eigenvalue weighted by atomic mass is 9.71. The van der Waals surface area contributed by atoms with Gasteiger partial charge >= 0.3 is 11.9 Å². The number of likely N-dealkylation sites (tertiary alicyclic amines) is 1. The zero-order chi connectivity index (χ0) is 23.8. The van der Waals surface area contributed by atoms with E-state index in [1.165, 1.54) is 4.90 Å². The molecule has 2 heterocycles. The Balaban J connectivity index is 1.66. The quantitative estimate of drug-likeness (QED) is 0.545. The van der Waals surface area contributed by atoms with Crippen LogP contribution in [0.5, 0.6) is 0 Å². The molecular weight excluding hydrogens is 424 g/mol. The Morgan fingerprint density at radius 1 is 1.27 bits per heavy atom. The second-order valence-corrected chi connectivity index (χ2v) is 9.21. The van der Waals surface area contributed by atoms with Crippen LogP contribution < -0.4 is 5.32 Å². The van der Waals surface area contributed by atoms with Crippen LogP contribution in [0.2, 0.25) is 0 Å². The predicted octanol–water partition coefficient (Wildman–Crippen LogP) is 2.40. The highest BCUT2D eigenvalue weighted by Crippen LogP contribution is 2.41. The monoisotopic (exact) mass is 460 g/mol. The molecular formula is C25H36N2O6. The molecule has 2 aliphatic heterocycles. The van der Waals surface area contributed by atoms with Crippen LogP contribution in [0.25, 0.3) is 0 Å². The third-order valence-electron chi connectivity index (χ3n) is 6.82. The highest BCUT2D eigenvalue weighted by Gasteiger charge is 2.46. The number of nitrogens with one attached hydrogen (secondary N) is 1. The van der Waals surface area contributed by atoms with Crippen molar-refractivity contribution < 1.29 is 29.0 Å². The Bertz CT molecular complexity index is 808. The molecule has 2 saturated heterocycles. The van der Waals surface area contributed by atoms with Crippen LogP contribution in [-0.2, 0) is 30.3 Å². The number of hydrogen-bond acceptors (Lipinski definition) is 6. The first-order valence-electron chi connectivity index (χ1n) is 11.9. The standard InChI is InChI=1S/C25H36N2O6/c1-3-33-24(31)20(11-10-19-8-5-4-6-9-19)26-18(2)22(28)27-14-13-25(12-7-15-32-17-25)16-21(27)23(29)30/h4-6,8-9,18,20-21,26H,3,7,10-17H2,1-2H3,(H,29,30)/t18?,20-,21-,25?/m0/s1. The molecule has 2 N–H and O–H groups in total. The van der Waals surface area contributed by atoms with Gasteiger partial charge in [-0.2, -0.15) is 0 Å². The second-order valence-electron chi connectivity index (χ2n) is 9.21. The summed E-state index contributed by atoms with van der Waals surface area (Å²) in [6.45, 7) is 5.32. The van der Waals surface area contributed by atoms with Gasteiger partial charge < -0.3 is 19.5 Å². The van der Waals surface area contributed by atoms with Crippen LogP contribution in [0.4, 0.5) is 0 Å². The molecule has 3 rings (SSSR count). The number of carbonyl (C=O) groups is 3. The minimum atomic E-state index is -0.994. The molecule has 8 heteroatoms. The maximum atomic E-state index is 13.3. The van der Waals surface area contributed by atoms with Gasteiger partial charge in [-0.25, -0.2) is 4.79 Å². The van der Waals surface area contributed by atoms with Gasteiger partial charge in [0.25, 0.3) is 0 Å². The fraction of sp³-hybridized carbons (Fsp3) is 0.640. The van der Waals surface area contributed by atoms with Gasteiger partial charge in [0, 0.05) is 13.2 Å². The summed E-state index contributed by atoms with van der Waals surface area (Å²) in [6, 6.07) is 7.56. The topological polar surface area (TPSA) is 105 Å². The summed E-state index contributed by atoms with van der Waals surface area (Å²) in [4.78, 5) is 39.4. The first kappa shape index (κ1) is 25.2. The molecule has 0 bridgehead atoms. The number of nitrogens with zero attached hydrogens (tertiary/aromatic N) is 1. The number of amides is 1. The van der Waals surface area contributed by atoms with Crippen molar-refractivity contribution in [3.05, 3.63) is 35.9 Å². The van der Waals surface area contributed by atoms with E-state index in [0.29, 0.717) is 39.0 Å². The van der Waals surface area contributed by atoms with Crippen LogP contribution in [0.15, 0.2) is 30.3 Å². The molecule has 4 atom stereocenters. The molecule has 1 spiro atoms. The van der Waals surface area contributed by atoms with Gasteiger partial charge in [-0.1, -0.05) is 30.3 Å². The van der Waals surface area contributed by atoms with Crippen LogP contribution in [0.1, 0.15) is 51.5 Å². The van der Waals surface area contributed by atoms with Crippen LogP contribution in [0.3, 0.4) is 0 Å². The molecule has 1 amide bonds. The highest BCUT2D eigenvalue weighted by molar-refractivity contribution is 5.88. The lowest BCUT2D eigenvalue weighted by Crippen LogP contribution is -2.59. The van der Waals surface area contributed by atoms with E-state index in [-0.39, 0.29) is 17.9 Å². The number of aryl methyl sites for hydroxylation is 1. The van der Waals surface area contributed by atoms with E-state index in [4.69, 9.17) is 9.47 Å². The summed E-state index contributed by atoms with van der Waals surface area (Å²) >= 11 is 0. The van der Waals surface area contributed by atoms with Crippen LogP contribution >= 0.6 is 0 Å². The smallest absolute Gasteiger partial charge is 0.326 e. The molecule has 1 aromatic rings. The van der Waals surface area contributed by atoms with Gasteiger partial charge in [-0.3, -0.25) is 14.9 Å². The van der Waals surface area contributed by atoms with Crippen molar-refractivity contribution in [2.24, 2.45) is 5.41 Å². The number of piperidine rings is 1. The average Bonchev–Trinajstić information content (AvgIpc) is 2.82. The third-order valence-corrected chi connectivity index (χ3v) is 6.82. The molecule has 0 radical (unpaired) electrons. The van der Waals surface area contributed by atoms with Gasteiger partial charge in [0.15, 0.2) is 0 Å². The highest BCUT2D eigenvalue weighted by atomic mass is 16.5. The SMILES string of the molecule is CCOC(=O)[C@H](CCc1ccccc1)NC(C)C(=O)N1CCC2(CCCOC2)C[C@H]1C(=O)O. The Hall–Kier alpha value is -2.45. The maximum absolute atomic E-state index is 13.3. The van der Waals surface area contributed by atoms with E-state index in [0.717, 1.165) is 24.8 Å². The summed E-state index contributed by atoms with van der Waals surface area (Å²) in [6.07, 6.45) is 4.10. The number of ether oxygens (including phenoxy) is 2. The van der Waals surface area contributed by atoms with E-state index < -0.39 is 30.1 Å². The Morgan fingerprint density at radius 3 is 2.67 bits per heavy atom. The van der Waals surface area contributed by atoms with Crippen LogP contribution in [-0.4, -0.2) is 72.3 Å². The summed E-state index contributed by atoms with van der Waals surface area (Å²) < 4.78 is 10.9. The molecule has 182 valence electrons. The molecule has 0 aromatic heterocycles. The number of rotatable bonds is 9. The van der Waals surface area contributed by atoms with E-state index in [9.17, 15) is 19.5 Å². The molecule has 2 fully saturated rings. The maximum Gasteiger partial charge on any atom is 0.326 e. The number of hydrogen-bond donors (Lipinski definition) is 2. The molecule has 0 saturated carbocycles. The van der Waals surface area contributed by atoms with Crippen molar-refractivity contribution in [1.29, 1.82) is 0 Å². The lowest BCUT2D eigenvalue weighted by molar-refractivity contribution is -0.159. The second kappa shape index (κ2) is 11.6. The van der Waals surface area contributed by atoms with Crippen LogP contribution in [0, 0.1) is 5.41 Å². The van der Waals surface area contributed by atoms with Crippen molar-refractivity contribution in [3.63, 3.8) is 0 Å². The summed E-state index contributed by atoms with van der Waals surface area (Å²) in [5.74, 6) is -1.70. The molecule has 0 aliphatic carbocycles. The van der Waals surface area contributed by atoms with Gasteiger partial charge in [0.1, 0.15) is 12.1 Å². The largest absolute Gasteiger partial charge is 0.480 e. The van der Waals surface area contributed by atoms with Gasteiger partial charge in [0.2, 0.25) is 5.91 Å². The average molecular weight is 461 g/mol. The summed E-state index contributed by atoms with van der Waals surface area (Å²) in [5.41, 5.74) is 0.923. The van der Waals surface area contributed by atoms with Gasteiger partial charge in [-0.15, -0.1) is 0 Å². The van der Waals surface area contributed by atoms with Gasteiger partial charge in [-0.05, 0) is 63.4 Å². The first-order chi connectivity index (χ1) is 15.8. The molecule has 1 aromatic carbocycles. The summed E-state index contributed by atoms with van der Waals surface area (Å²) in [7, 11) is 0. The van der Waals surface area contributed by atoms with E-state index in [1.807, 2.05) is 30.3 Å². The Labute approximate surface area is 195 Å². The molecule has 2 unspecified atom stereocenters. The molecule has 33 heavy (non-hydrogen) atoms. The number of esters is 1. The third kappa shape index (κ3) is 6.54. The Morgan fingerprint density at radius 2 is 2.03 bits per heavy atom. The minimum absolute atomic E-state index is 0.169. The number of carboxylic acids is 1. The zero-order valence-corrected chi connectivity index (χ0v) is 19.6. The molecule has 8 nitrogen and oxygen atoms in total. The normalized spacial score (nSPS) is 24.8. The number of carboxylic acid groups (broad SMARTS) is 1. The Kier molecular flexibility index (Phi) is 8.86. The van der Waals surface area contributed by atoms with E-state index >= 15 is 0 Å². The molecule has 2 aliphatic rings.